The third kappa shape index (κ3) is 3.23. The van der Waals surface area contributed by atoms with E-state index in [0.29, 0.717) is 6.04 Å². The maximum Gasteiger partial charge on any atom is 0.0693 e. The zero-order valence-electron chi connectivity index (χ0n) is 8.74. The molecular weight excluding hydrogens is 178 g/mol. The molecule has 0 spiro atoms. The molecule has 2 fully saturated rings. The lowest BCUT2D eigenvalue weighted by Crippen LogP contribution is -2.37. The molecule has 2 aliphatic carbocycles. The molecule has 0 radical (unpaired) electrons. The second-order valence-corrected chi connectivity index (χ2v) is 4.58. The minimum Gasteiger partial charge on any atom is -0.392 e. The first-order valence-electron chi connectivity index (χ1n) is 5.85. The van der Waals surface area contributed by atoms with Crippen molar-refractivity contribution in [1.29, 1.82) is 0 Å². The Balaban J connectivity index is 1.45. The van der Waals surface area contributed by atoms with Crippen LogP contribution >= 0.6 is 0 Å². The van der Waals surface area contributed by atoms with Gasteiger partial charge in [-0.2, -0.15) is 0 Å². The van der Waals surface area contributed by atoms with E-state index >= 15 is 0 Å². The van der Waals surface area contributed by atoms with Crippen molar-refractivity contribution in [3.05, 3.63) is 0 Å². The standard InChI is InChI=1S/C11H21NO2/c13-11-3-1-2-10(11)12-6-7-14-8-9-4-5-9/h9-13H,1-8H2. The van der Waals surface area contributed by atoms with Crippen molar-refractivity contribution in [2.24, 2.45) is 5.92 Å². The van der Waals surface area contributed by atoms with Crippen molar-refractivity contribution in [1.82, 2.24) is 5.32 Å². The van der Waals surface area contributed by atoms with E-state index in [4.69, 9.17) is 4.74 Å². The highest BCUT2D eigenvalue weighted by molar-refractivity contribution is 4.82. The molecule has 0 aliphatic heterocycles. The van der Waals surface area contributed by atoms with Gasteiger partial charge in [0.15, 0.2) is 0 Å². The molecule has 82 valence electrons. The van der Waals surface area contributed by atoms with Crippen LogP contribution in [-0.2, 0) is 4.74 Å². The van der Waals surface area contributed by atoms with Gasteiger partial charge in [-0.05, 0) is 38.0 Å². The Morgan fingerprint density at radius 2 is 2.07 bits per heavy atom. The van der Waals surface area contributed by atoms with E-state index in [1.54, 1.807) is 0 Å². The fourth-order valence-electron chi connectivity index (χ4n) is 2.03. The summed E-state index contributed by atoms with van der Waals surface area (Å²) in [5.41, 5.74) is 0. The second kappa shape index (κ2) is 5.10. The van der Waals surface area contributed by atoms with Crippen molar-refractivity contribution in [2.45, 2.75) is 44.2 Å². The second-order valence-electron chi connectivity index (χ2n) is 4.58. The molecule has 14 heavy (non-hydrogen) atoms. The summed E-state index contributed by atoms with van der Waals surface area (Å²) in [6.45, 7) is 2.61. The van der Waals surface area contributed by atoms with Crippen molar-refractivity contribution >= 4 is 0 Å². The van der Waals surface area contributed by atoms with Gasteiger partial charge in [-0.25, -0.2) is 0 Å². The van der Waals surface area contributed by atoms with Gasteiger partial charge in [-0.15, -0.1) is 0 Å². The molecule has 0 amide bonds. The van der Waals surface area contributed by atoms with Crippen LogP contribution in [0.15, 0.2) is 0 Å². The maximum atomic E-state index is 9.54. The predicted octanol–water partition coefficient (Wildman–Crippen LogP) is 0.916. The predicted molar refractivity (Wildman–Crippen MR) is 55.2 cm³/mol. The van der Waals surface area contributed by atoms with Crippen molar-refractivity contribution in [3.63, 3.8) is 0 Å². The molecule has 0 saturated heterocycles. The Kier molecular flexibility index (Phi) is 3.79. The minimum atomic E-state index is -0.126. The van der Waals surface area contributed by atoms with Crippen LogP contribution in [0.5, 0.6) is 0 Å². The Hall–Kier alpha value is -0.120. The lowest BCUT2D eigenvalue weighted by atomic mass is 10.2. The fraction of sp³-hybridized carbons (Fsp3) is 1.00. The zero-order chi connectivity index (χ0) is 9.80. The van der Waals surface area contributed by atoms with Gasteiger partial charge in [0.25, 0.3) is 0 Å². The summed E-state index contributed by atoms with van der Waals surface area (Å²) in [6.07, 6.45) is 5.81. The minimum absolute atomic E-state index is 0.126. The number of rotatable bonds is 6. The Morgan fingerprint density at radius 1 is 1.21 bits per heavy atom. The molecule has 3 heteroatoms. The van der Waals surface area contributed by atoms with E-state index in [2.05, 4.69) is 5.32 Å². The van der Waals surface area contributed by atoms with E-state index in [1.807, 2.05) is 0 Å². The third-order valence-corrected chi connectivity index (χ3v) is 3.18. The van der Waals surface area contributed by atoms with Gasteiger partial charge in [-0.1, -0.05) is 0 Å². The molecule has 2 saturated carbocycles. The average molecular weight is 199 g/mol. The van der Waals surface area contributed by atoms with Gasteiger partial charge in [0.05, 0.1) is 12.7 Å². The fourth-order valence-corrected chi connectivity index (χ4v) is 2.03. The monoisotopic (exact) mass is 199 g/mol. The average Bonchev–Trinajstić information content (AvgIpc) is 2.91. The van der Waals surface area contributed by atoms with Crippen LogP contribution in [0, 0.1) is 5.92 Å². The first-order valence-corrected chi connectivity index (χ1v) is 5.85. The molecule has 2 N–H and O–H groups in total. The molecule has 2 unspecified atom stereocenters. The number of aliphatic hydroxyl groups excluding tert-OH is 1. The van der Waals surface area contributed by atoms with Gasteiger partial charge in [0.1, 0.15) is 0 Å². The number of hydrogen-bond acceptors (Lipinski definition) is 3. The molecule has 0 aromatic heterocycles. The number of aliphatic hydroxyl groups is 1. The molecule has 0 bridgehead atoms. The van der Waals surface area contributed by atoms with Crippen LogP contribution < -0.4 is 5.32 Å². The lowest BCUT2D eigenvalue weighted by Gasteiger charge is -2.16. The number of nitrogens with one attached hydrogen (secondary N) is 1. The van der Waals surface area contributed by atoms with Crippen LogP contribution in [0.3, 0.4) is 0 Å². The highest BCUT2D eigenvalue weighted by atomic mass is 16.5. The maximum absolute atomic E-state index is 9.54. The van der Waals surface area contributed by atoms with Crippen LogP contribution in [0.25, 0.3) is 0 Å². The van der Waals surface area contributed by atoms with Crippen LogP contribution in [-0.4, -0.2) is 37.0 Å². The van der Waals surface area contributed by atoms with E-state index in [-0.39, 0.29) is 6.10 Å². The van der Waals surface area contributed by atoms with E-state index in [1.165, 1.54) is 12.8 Å². The van der Waals surface area contributed by atoms with E-state index in [9.17, 15) is 5.11 Å². The van der Waals surface area contributed by atoms with Crippen molar-refractivity contribution in [2.75, 3.05) is 19.8 Å². The lowest BCUT2D eigenvalue weighted by molar-refractivity contribution is 0.111. The smallest absolute Gasteiger partial charge is 0.0693 e. The number of ether oxygens (including phenoxy) is 1. The molecular formula is C11H21NO2. The van der Waals surface area contributed by atoms with E-state index in [0.717, 1.165) is 44.9 Å². The largest absolute Gasteiger partial charge is 0.392 e. The number of hydrogen-bond donors (Lipinski definition) is 2. The van der Waals surface area contributed by atoms with Crippen LogP contribution in [0.1, 0.15) is 32.1 Å². The molecule has 2 rings (SSSR count). The molecule has 2 atom stereocenters. The quantitative estimate of drug-likeness (QED) is 0.625. The summed E-state index contributed by atoms with van der Waals surface area (Å²) in [6, 6.07) is 0.319. The molecule has 3 nitrogen and oxygen atoms in total. The Labute approximate surface area is 85.8 Å². The Bertz CT molecular complexity index is 171. The molecule has 0 heterocycles. The highest BCUT2D eigenvalue weighted by Gasteiger charge is 2.24. The first-order chi connectivity index (χ1) is 6.86. The summed E-state index contributed by atoms with van der Waals surface area (Å²) >= 11 is 0. The van der Waals surface area contributed by atoms with Crippen molar-refractivity contribution < 1.29 is 9.84 Å². The van der Waals surface area contributed by atoms with Gasteiger partial charge in [0, 0.05) is 19.2 Å². The topological polar surface area (TPSA) is 41.5 Å². The van der Waals surface area contributed by atoms with Gasteiger partial charge in [-0.3, -0.25) is 0 Å². The summed E-state index contributed by atoms with van der Waals surface area (Å²) < 4.78 is 5.51. The van der Waals surface area contributed by atoms with E-state index < -0.39 is 0 Å². The third-order valence-electron chi connectivity index (χ3n) is 3.18. The zero-order valence-corrected chi connectivity index (χ0v) is 8.74. The normalized spacial score (nSPS) is 32.4. The van der Waals surface area contributed by atoms with Crippen molar-refractivity contribution in [3.8, 4) is 0 Å². The SMILES string of the molecule is OC1CCCC1NCCOCC1CC1. The molecule has 0 aromatic carbocycles. The summed E-state index contributed by atoms with van der Waals surface area (Å²) in [5.74, 6) is 0.854. The molecule has 0 aromatic rings. The summed E-state index contributed by atoms with van der Waals surface area (Å²) in [7, 11) is 0. The summed E-state index contributed by atoms with van der Waals surface area (Å²) in [5, 5.41) is 12.9. The Morgan fingerprint density at radius 3 is 2.71 bits per heavy atom. The van der Waals surface area contributed by atoms with Gasteiger partial charge < -0.3 is 15.2 Å². The summed E-state index contributed by atoms with van der Waals surface area (Å²) in [4.78, 5) is 0. The first kappa shape index (κ1) is 10.4. The van der Waals surface area contributed by atoms with Crippen LogP contribution in [0.2, 0.25) is 0 Å². The molecule has 2 aliphatic rings. The van der Waals surface area contributed by atoms with Crippen LogP contribution in [0.4, 0.5) is 0 Å². The van der Waals surface area contributed by atoms with Gasteiger partial charge >= 0.3 is 0 Å². The highest BCUT2D eigenvalue weighted by Crippen LogP contribution is 2.28. The van der Waals surface area contributed by atoms with Gasteiger partial charge in [0.2, 0.25) is 0 Å².